The lowest BCUT2D eigenvalue weighted by Crippen LogP contribution is -2.54. The Bertz CT molecular complexity index is 307. The molecule has 0 saturated carbocycles. The number of rotatable bonds is 8. The molecule has 1 saturated heterocycles. The predicted octanol–water partition coefficient (Wildman–Crippen LogP) is 2.73. The molecule has 20 heavy (non-hydrogen) atoms. The molecule has 2 atom stereocenters. The van der Waals surface area contributed by atoms with Gasteiger partial charge in [0.2, 0.25) is 0 Å². The summed E-state index contributed by atoms with van der Waals surface area (Å²) < 4.78 is 0. The Balaban J connectivity index is 2.47. The molecule has 4 heteroatoms. The van der Waals surface area contributed by atoms with Crippen molar-refractivity contribution in [2.24, 2.45) is 5.92 Å². The van der Waals surface area contributed by atoms with Gasteiger partial charge in [0.15, 0.2) is 0 Å². The molecule has 1 rings (SSSR count). The molecule has 0 aromatic rings. The highest BCUT2D eigenvalue weighted by Crippen LogP contribution is 2.21. The van der Waals surface area contributed by atoms with E-state index in [0.29, 0.717) is 12.8 Å². The fraction of sp³-hybridized carbons (Fsp3) is 0.938. The molecule has 4 nitrogen and oxygen atoms in total. The highest BCUT2D eigenvalue weighted by Gasteiger charge is 2.36. The Morgan fingerprint density at radius 2 is 2.20 bits per heavy atom. The van der Waals surface area contributed by atoms with Crippen molar-refractivity contribution in [3.63, 3.8) is 0 Å². The molecule has 0 bridgehead atoms. The number of carbonyl (C=O) groups is 1. The van der Waals surface area contributed by atoms with Gasteiger partial charge in [0, 0.05) is 12.6 Å². The van der Waals surface area contributed by atoms with Crippen molar-refractivity contribution in [2.45, 2.75) is 71.4 Å². The van der Waals surface area contributed by atoms with Crippen molar-refractivity contribution in [1.29, 1.82) is 0 Å². The maximum absolute atomic E-state index is 11.6. The molecular formula is C16H32N2O2. The van der Waals surface area contributed by atoms with E-state index in [1.54, 1.807) is 0 Å². The summed E-state index contributed by atoms with van der Waals surface area (Å²) in [7, 11) is 0. The fourth-order valence-electron chi connectivity index (χ4n) is 3.32. The van der Waals surface area contributed by atoms with Crippen LogP contribution in [0.5, 0.6) is 0 Å². The third-order valence-corrected chi connectivity index (χ3v) is 4.40. The molecule has 0 aromatic carbocycles. The molecule has 1 aliphatic rings. The number of piperidine rings is 1. The van der Waals surface area contributed by atoms with Gasteiger partial charge in [-0.05, 0) is 65.0 Å². The number of carboxylic acid groups (broad SMARTS) is 1. The maximum atomic E-state index is 11.6. The Labute approximate surface area is 123 Å². The molecular weight excluding hydrogens is 252 g/mol. The molecule has 1 fully saturated rings. The average molecular weight is 284 g/mol. The van der Waals surface area contributed by atoms with E-state index in [0.717, 1.165) is 18.9 Å². The molecule has 0 aliphatic carbocycles. The summed E-state index contributed by atoms with van der Waals surface area (Å²) in [5, 5.41) is 12.8. The largest absolute Gasteiger partial charge is 0.480 e. The first-order chi connectivity index (χ1) is 9.39. The van der Waals surface area contributed by atoms with E-state index in [9.17, 15) is 9.90 Å². The van der Waals surface area contributed by atoms with Crippen molar-refractivity contribution >= 4 is 5.97 Å². The lowest BCUT2D eigenvalue weighted by Gasteiger charge is -2.34. The molecule has 0 radical (unpaired) electrons. The van der Waals surface area contributed by atoms with Crippen LogP contribution >= 0.6 is 0 Å². The summed E-state index contributed by atoms with van der Waals surface area (Å²) in [6.45, 7) is 11.7. The van der Waals surface area contributed by atoms with Crippen LogP contribution in [0.15, 0.2) is 0 Å². The summed E-state index contributed by atoms with van der Waals surface area (Å²) in [6, 6.07) is 0.195. The molecule has 1 aliphatic heterocycles. The van der Waals surface area contributed by atoms with E-state index in [2.05, 4.69) is 17.1 Å². The number of carboxylic acids is 1. The normalized spacial score (nSPS) is 23.8. The number of nitrogens with zero attached hydrogens (tertiary/aromatic N) is 1. The highest BCUT2D eigenvalue weighted by atomic mass is 16.4. The molecule has 0 aromatic heterocycles. The number of likely N-dealkylation sites (tertiary alicyclic amines) is 1. The average Bonchev–Trinajstić information content (AvgIpc) is 2.36. The first-order valence-electron chi connectivity index (χ1n) is 8.13. The van der Waals surface area contributed by atoms with Crippen molar-refractivity contribution in [3.8, 4) is 0 Å². The van der Waals surface area contributed by atoms with Gasteiger partial charge < -0.3 is 10.0 Å². The SMILES string of the molecule is CCC(CCCN1CCCC(C)C1)(NC(C)C)C(=O)O. The molecule has 0 amide bonds. The third kappa shape index (κ3) is 5.06. The van der Waals surface area contributed by atoms with Crippen LogP contribution < -0.4 is 5.32 Å². The smallest absolute Gasteiger partial charge is 0.323 e. The molecule has 118 valence electrons. The minimum Gasteiger partial charge on any atom is -0.480 e. The van der Waals surface area contributed by atoms with Gasteiger partial charge in [-0.15, -0.1) is 0 Å². The van der Waals surface area contributed by atoms with E-state index < -0.39 is 11.5 Å². The van der Waals surface area contributed by atoms with Gasteiger partial charge in [-0.1, -0.05) is 13.8 Å². The van der Waals surface area contributed by atoms with Crippen LogP contribution in [-0.2, 0) is 4.79 Å². The lowest BCUT2D eigenvalue weighted by atomic mass is 9.89. The van der Waals surface area contributed by atoms with Gasteiger partial charge in [-0.2, -0.15) is 0 Å². The van der Waals surface area contributed by atoms with Crippen molar-refractivity contribution < 1.29 is 9.90 Å². The van der Waals surface area contributed by atoms with Gasteiger partial charge in [-0.3, -0.25) is 10.1 Å². The third-order valence-electron chi connectivity index (χ3n) is 4.40. The molecule has 0 spiro atoms. The zero-order valence-electron chi connectivity index (χ0n) is 13.6. The first kappa shape index (κ1) is 17.4. The second-order valence-corrected chi connectivity index (χ2v) is 6.69. The first-order valence-corrected chi connectivity index (χ1v) is 8.13. The highest BCUT2D eigenvalue weighted by molar-refractivity contribution is 5.78. The summed E-state index contributed by atoms with van der Waals surface area (Å²) >= 11 is 0. The minimum absolute atomic E-state index is 0.195. The van der Waals surface area contributed by atoms with Crippen LogP contribution in [0.2, 0.25) is 0 Å². The van der Waals surface area contributed by atoms with Crippen LogP contribution in [0, 0.1) is 5.92 Å². The number of aliphatic carboxylic acids is 1. The van der Waals surface area contributed by atoms with Gasteiger partial charge in [0.1, 0.15) is 5.54 Å². The monoisotopic (exact) mass is 284 g/mol. The van der Waals surface area contributed by atoms with Crippen LogP contribution in [0.4, 0.5) is 0 Å². The van der Waals surface area contributed by atoms with E-state index in [-0.39, 0.29) is 6.04 Å². The van der Waals surface area contributed by atoms with E-state index in [1.807, 2.05) is 20.8 Å². The number of nitrogens with one attached hydrogen (secondary N) is 1. The second kappa shape index (κ2) is 7.99. The fourth-order valence-corrected chi connectivity index (χ4v) is 3.32. The second-order valence-electron chi connectivity index (χ2n) is 6.69. The van der Waals surface area contributed by atoms with Crippen LogP contribution in [-0.4, -0.2) is 47.2 Å². The molecule has 2 unspecified atom stereocenters. The van der Waals surface area contributed by atoms with Crippen molar-refractivity contribution in [2.75, 3.05) is 19.6 Å². The van der Waals surface area contributed by atoms with Gasteiger partial charge in [0.05, 0.1) is 0 Å². The number of hydrogen-bond donors (Lipinski definition) is 2. The quantitative estimate of drug-likeness (QED) is 0.719. The van der Waals surface area contributed by atoms with E-state index in [4.69, 9.17) is 0 Å². The Morgan fingerprint density at radius 3 is 2.70 bits per heavy atom. The van der Waals surface area contributed by atoms with E-state index in [1.165, 1.54) is 25.9 Å². The summed E-state index contributed by atoms with van der Waals surface area (Å²) in [5.74, 6) is 0.0775. The molecule has 2 N–H and O–H groups in total. The van der Waals surface area contributed by atoms with Crippen LogP contribution in [0.25, 0.3) is 0 Å². The summed E-state index contributed by atoms with van der Waals surface area (Å²) in [4.78, 5) is 14.1. The zero-order chi connectivity index (χ0) is 15.2. The topological polar surface area (TPSA) is 52.6 Å². The standard InChI is InChI=1S/C16H32N2O2/c1-5-16(15(19)20,17-13(2)3)9-7-11-18-10-6-8-14(4)12-18/h13-14,17H,5-12H2,1-4H3,(H,19,20). The minimum atomic E-state index is -0.754. The number of hydrogen-bond acceptors (Lipinski definition) is 3. The Kier molecular flexibility index (Phi) is 6.96. The van der Waals surface area contributed by atoms with Crippen LogP contribution in [0.3, 0.4) is 0 Å². The van der Waals surface area contributed by atoms with Crippen LogP contribution in [0.1, 0.15) is 59.8 Å². The van der Waals surface area contributed by atoms with Crippen molar-refractivity contribution in [3.05, 3.63) is 0 Å². The van der Waals surface area contributed by atoms with E-state index >= 15 is 0 Å². The maximum Gasteiger partial charge on any atom is 0.323 e. The summed E-state index contributed by atoms with van der Waals surface area (Å²) in [5.41, 5.74) is -0.754. The van der Waals surface area contributed by atoms with Crippen molar-refractivity contribution in [1.82, 2.24) is 10.2 Å². The Morgan fingerprint density at radius 1 is 1.50 bits per heavy atom. The predicted molar refractivity (Wildman–Crippen MR) is 83.0 cm³/mol. The zero-order valence-corrected chi connectivity index (χ0v) is 13.6. The molecule has 1 heterocycles. The van der Waals surface area contributed by atoms with Gasteiger partial charge in [0.25, 0.3) is 0 Å². The Hall–Kier alpha value is -0.610. The lowest BCUT2D eigenvalue weighted by molar-refractivity contribution is -0.145. The van der Waals surface area contributed by atoms with Gasteiger partial charge >= 0.3 is 5.97 Å². The van der Waals surface area contributed by atoms with Gasteiger partial charge in [-0.25, -0.2) is 0 Å². The summed E-state index contributed by atoms with van der Waals surface area (Å²) in [6.07, 6.45) is 4.91.